The second kappa shape index (κ2) is 4.90. The molecule has 5 nitrogen and oxygen atoms in total. The van der Waals surface area contributed by atoms with Gasteiger partial charge in [-0.15, -0.1) is 0 Å². The first-order valence-corrected chi connectivity index (χ1v) is 7.09. The van der Waals surface area contributed by atoms with Gasteiger partial charge in [0.1, 0.15) is 0 Å². The number of hydrogen-bond donors (Lipinski definition) is 2. The number of carbonyl (C=O) groups is 2. The number of rotatable bonds is 2. The maximum atomic E-state index is 11.9. The summed E-state index contributed by atoms with van der Waals surface area (Å²) >= 11 is 0. The predicted molar refractivity (Wildman–Crippen MR) is 76.1 cm³/mol. The van der Waals surface area contributed by atoms with E-state index in [1.807, 2.05) is 24.3 Å². The van der Waals surface area contributed by atoms with Crippen molar-refractivity contribution in [1.29, 1.82) is 0 Å². The van der Waals surface area contributed by atoms with Gasteiger partial charge in [0.05, 0.1) is 0 Å². The molecule has 1 heterocycles. The van der Waals surface area contributed by atoms with Gasteiger partial charge >= 0.3 is 11.8 Å². The first-order valence-electron chi connectivity index (χ1n) is 7.09. The fraction of sp³-hybridized carbons (Fsp3) is 0.467. The molecule has 5 heteroatoms. The van der Waals surface area contributed by atoms with Crippen molar-refractivity contribution in [3.05, 3.63) is 29.8 Å². The Bertz CT molecular complexity index is 550. The summed E-state index contributed by atoms with van der Waals surface area (Å²) < 4.78 is 0. The van der Waals surface area contributed by atoms with Gasteiger partial charge in [-0.25, -0.2) is 0 Å². The second-order valence-electron chi connectivity index (χ2n) is 5.63. The molecule has 0 bridgehead atoms. The minimum Gasteiger partial charge on any atom is -0.346 e. The summed E-state index contributed by atoms with van der Waals surface area (Å²) in [4.78, 5) is 24.9. The lowest BCUT2D eigenvalue weighted by Gasteiger charge is -2.29. The molecule has 3 N–H and O–H groups in total. The largest absolute Gasteiger partial charge is 0.346 e. The number of hydrogen-bond acceptors (Lipinski definition) is 3. The van der Waals surface area contributed by atoms with Gasteiger partial charge in [0.15, 0.2) is 0 Å². The third kappa shape index (κ3) is 2.18. The lowest BCUT2D eigenvalue weighted by Crippen LogP contribution is -2.52. The Morgan fingerprint density at radius 1 is 1.20 bits per heavy atom. The topological polar surface area (TPSA) is 75.4 Å². The van der Waals surface area contributed by atoms with Crippen LogP contribution in [0.2, 0.25) is 0 Å². The number of piperazine rings is 1. The maximum Gasteiger partial charge on any atom is 0.316 e. The van der Waals surface area contributed by atoms with Crippen molar-refractivity contribution >= 4 is 17.5 Å². The number of carbonyl (C=O) groups excluding carboxylic acids is 2. The normalized spacial score (nSPS) is 21.9. The maximum absolute atomic E-state index is 11.9. The van der Waals surface area contributed by atoms with Crippen molar-refractivity contribution in [1.82, 2.24) is 5.32 Å². The summed E-state index contributed by atoms with van der Waals surface area (Å²) in [7, 11) is 0. The van der Waals surface area contributed by atoms with E-state index in [1.165, 1.54) is 4.90 Å². The van der Waals surface area contributed by atoms with Crippen LogP contribution >= 0.6 is 0 Å². The molecule has 1 aliphatic carbocycles. The second-order valence-corrected chi connectivity index (χ2v) is 5.63. The highest BCUT2D eigenvalue weighted by Gasteiger charge is 2.32. The number of nitrogens with one attached hydrogen (secondary N) is 1. The molecule has 0 unspecified atom stereocenters. The third-order valence-electron chi connectivity index (χ3n) is 4.29. The SMILES string of the molecule is NC1(c2cccc(N3CCNC(=O)C3=O)c2)CCCC1. The van der Waals surface area contributed by atoms with Crippen molar-refractivity contribution in [3.8, 4) is 0 Å². The van der Waals surface area contributed by atoms with Crippen LogP contribution in [0.3, 0.4) is 0 Å². The zero-order valence-electron chi connectivity index (χ0n) is 11.4. The zero-order chi connectivity index (χ0) is 14.2. The van der Waals surface area contributed by atoms with E-state index >= 15 is 0 Å². The number of nitrogens with two attached hydrogens (primary N) is 1. The highest BCUT2D eigenvalue weighted by Crippen LogP contribution is 2.37. The molecule has 1 aromatic carbocycles. The van der Waals surface area contributed by atoms with Gasteiger partial charge in [0, 0.05) is 24.3 Å². The van der Waals surface area contributed by atoms with Gasteiger partial charge in [-0.05, 0) is 30.5 Å². The van der Waals surface area contributed by atoms with Gasteiger partial charge in [-0.1, -0.05) is 25.0 Å². The number of benzene rings is 1. The van der Waals surface area contributed by atoms with Crippen LogP contribution in [0, 0.1) is 0 Å². The highest BCUT2D eigenvalue weighted by molar-refractivity contribution is 6.41. The molecule has 0 aromatic heterocycles. The van der Waals surface area contributed by atoms with Crippen LogP contribution in [0.5, 0.6) is 0 Å². The van der Waals surface area contributed by atoms with Crippen molar-refractivity contribution in [3.63, 3.8) is 0 Å². The predicted octanol–water partition coefficient (Wildman–Crippen LogP) is 0.877. The van der Waals surface area contributed by atoms with E-state index in [4.69, 9.17) is 5.73 Å². The zero-order valence-corrected chi connectivity index (χ0v) is 11.4. The molecule has 1 aliphatic heterocycles. The Kier molecular flexibility index (Phi) is 3.22. The molecule has 2 aliphatic rings. The quantitative estimate of drug-likeness (QED) is 0.785. The van der Waals surface area contributed by atoms with Crippen molar-refractivity contribution in [2.24, 2.45) is 5.73 Å². The molecule has 2 amide bonds. The van der Waals surface area contributed by atoms with E-state index in [9.17, 15) is 9.59 Å². The molecule has 3 rings (SSSR count). The number of anilines is 1. The van der Waals surface area contributed by atoms with Gasteiger partial charge in [-0.3, -0.25) is 9.59 Å². The fourth-order valence-corrected chi connectivity index (χ4v) is 3.11. The van der Waals surface area contributed by atoms with Crippen molar-refractivity contribution < 1.29 is 9.59 Å². The van der Waals surface area contributed by atoms with Crippen LogP contribution < -0.4 is 16.0 Å². The summed E-state index contributed by atoms with van der Waals surface area (Å²) in [5.41, 5.74) is 8.00. The van der Waals surface area contributed by atoms with E-state index < -0.39 is 11.8 Å². The van der Waals surface area contributed by atoms with Crippen LogP contribution in [-0.2, 0) is 15.1 Å². The van der Waals surface area contributed by atoms with Gasteiger partial charge < -0.3 is 16.0 Å². The van der Waals surface area contributed by atoms with Gasteiger partial charge in [0.25, 0.3) is 0 Å². The molecule has 0 atom stereocenters. The minimum atomic E-state index is -0.537. The molecular weight excluding hydrogens is 254 g/mol. The Labute approximate surface area is 118 Å². The first-order chi connectivity index (χ1) is 9.60. The third-order valence-corrected chi connectivity index (χ3v) is 4.29. The summed E-state index contributed by atoms with van der Waals surface area (Å²) in [6.45, 7) is 0.994. The smallest absolute Gasteiger partial charge is 0.316 e. The lowest BCUT2D eigenvalue weighted by molar-refractivity contribution is -0.138. The molecule has 106 valence electrons. The summed E-state index contributed by atoms with van der Waals surface area (Å²) in [5, 5.41) is 2.55. The van der Waals surface area contributed by atoms with E-state index in [0.717, 1.165) is 36.9 Å². The van der Waals surface area contributed by atoms with Gasteiger partial charge in [0.2, 0.25) is 0 Å². The molecule has 20 heavy (non-hydrogen) atoms. The van der Waals surface area contributed by atoms with Crippen LogP contribution in [0.4, 0.5) is 5.69 Å². The molecular formula is C15H19N3O2. The molecule has 0 spiro atoms. The fourth-order valence-electron chi connectivity index (χ4n) is 3.11. The summed E-state index contributed by atoms with van der Waals surface area (Å²) in [5.74, 6) is -1.03. The lowest BCUT2D eigenvalue weighted by atomic mass is 9.89. The van der Waals surface area contributed by atoms with E-state index in [2.05, 4.69) is 5.32 Å². The molecule has 2 fully saturated rings. The highest BCUT2D eigenvalue weighted by atomic mass is 16.2. The number of nitrogens with zero attached hydrogens (tertiary/aromatic N) is 1. The number of amides is 2. The standard InChI is InChI=1S/C15H19N3O2/c16-15(6-1-2-7-15)11-4-3-5-12(10-11)18-9-8-17-13(19)14(18)20/h3-5,10H,1-2,6-9,16H2,(H,17,19). The Morgan fingerprint density at radius 2 is 1.95 bits per heavy atom. The van der Waals surface area contributed by atoms with Crippen LogP contribution in [0.15, 0.2) is 24.3 Å². The molecule has 1 saturated carbocycles. The average Bonchev–Trinajstić information content (AvgIpc) is 2.90. The first kappa shape index (κ1) is 13.1. The Balaban J connectivity index is 1.91. The molecule has 0 radical (unpaired) electrons. The molecule has 1 aromatic rings. The monoisotopic (exact) mass is 273 g/mol. The Hall–Kier alpha value is -1.88. The van der Waals surface area contributed by atoms with E-state index in [-0.39, 0.29) is 5.54 Å². The average molecular weight is 273 g/mol. The van der Waals surface area contributed by atoms with Crippen molar-refractivity contribution in [2.75, 3.05) is 18.0 Å². The van der Waals surface area contributed by atoms with Crippen molar-refractivity contribution in [2.45, 2.75) is 31.2 Å². The van der Waals surface area contributed by atoms with Crippen LogP contribution in [-0.4, -0.2) is 24.9 Å². The summed E-state index contributed by atoms with van der Waals surface area (Å²) in [6, 6.07) is 7.75. The van der Waals surface area contributed by atoms with E-state index in [0.29, 0.717) is 13.1 Å². The summed E-state index contributed by atoms with van der Waals surface area (Å²) in [6.07, 6.45) is 4.24. The molecule has 1 saturated heterocycles. The van der Waals surface area contributed by atoms with Crippen LogP contribution in [0.25, 0.3) is 0 Å². The minimum absolute atomic E-state index is 0.281. The van der Waals surface area contributed by atoms with Crippen LogP contribution in [0.1, 0.15) is 31.2 Å². The van der Waals surface area contributed by atoms with Gasteiger partial charge in [-0.2, -0.15) is 0 Å². The van der Waals surface area contributed by atoms with E-state index in [1.54, 1.807) is 0 Å². The Morgan fingerprint density at radius 3 is 2.70 bits per heavy atom.